The number of rotatable bonds is 1. The van der Waals surface area contributed by atoms with Crippen molar-refractivity contribution in [2.45, 2.75) is 22.8 Å². The standard InChI is InChI=1S/C13H7B6NO2/c1-6-4-10(21)22-9-5-7(2-3-8(6)9)20-12(16,17)11(14,15)13(20,18)19/h2-5H,1H3. The quantitative estimate of drug-likeness (QED) is 0.512. The molecule has 0 aliphatic carbocycles. The lowest BCUT2D eigenvalue weighted by molar-refractivity contribution is 0.385. The highest BCUT2D eigenvalue weighted by Gasteiger charge is 2.61. The van der Waals surface area contributed by atoms with Crippen LogP contribution in [0.5, 0.6) is 0 Å². The average molecular weight is 274 g/mol. The van der Waals surface area contributed by atoms with Crippen LogP contribution in [-0.4, -0.2) is 57.8 Å². The minimum Gasteiger partial charge on any atom is -0.423 e. The van der Waals surface area contributed by atoms with E-state index in [0.29, 0.717) is 11.3 Å². The van der Waals surface area contributed by atoms with Crippen LogP contribution in [0.4, 0.5) is 5.69 Å². The molecule has 2 aromatic rings. The van der Waals surface area contributed by atoms with Crippen molar-refractivity contribution in [3.8, 4) is 0 Å². The van der Waals surface area contributed by atoms with Crippen molar-refractivity contribution in [3.05, 3.63) is 40.2 Å². The first kappa shape index (κ1) is 15.5. The lowest BCUT2D eigenvalue weighted by atomic mass is 9.15. The molecular formula is C13H7B6NO2. The number of hydrogen-bond donors (Lipinski definition) is 0. The Morgan fingerprint density at radius 2 is 1.59 bits per heavy atom. The molecule has 3 nitrogen and oxygen atoms in total. The summed E-state index contributed by atoms with van der Waals surface area (Å²) >= 11 is 0. The summed E-state index contributed by atoms with van der Waals surface area (Å²) in [6.07, 6.45) is 0. The molecule has 12 radical (unpaired) electrons. The molecule has 0 spiro atoms. The third-order valence-corrected chi connectivity index (χ3v) is 4.26. The molecule has 0 bridgehead atoms. The predicted molar refractivity (Wildman–Crippen MR) is 92.4 cm³/mol. The van der Waals surface area contributed by atoms with Crippen molar-refractivity contribution in [1.82, 2.24) is 0 Å². The van der Waals surface area contributed by atoms with Crippen molar-refractivity contribution in [2.24, 2.45) is 0 Å². The van der Waals surface area contributed by atoms with Gasteiger partial charge in [0.15, 0.2) is 0 Å². The minimum absolute atomic E-state index is 0.362. The Morgan fingerprint density at radius 1 is 1.00 bits per heavy atom. The van der Waals surface area contributed by atoms with Gasteiger partial charge in [-0.2, -0.15) is 0 Å². The Balaban J connectivity index is 2.18. The molecule has 0 amide bonds. The maximum absolute atomic E-state index is 11.5. The molecular weight excluding hydrogens is 267 g/mol. The summed E-state index contributed by atoms with van der Waals surface area (Å²) in [5.74, 6) is 0. The van der Waals surface area contributed by atoms with Crippen LogP contribution in [0.2, 0.25) is 5.21 Å². The van der Waals surface area contributed by atoms with E-state index < -0.39 is 21.5 Å². The van der Waals surface area contributed by atoms with Crippen molar-refractivity contribution in [1.29, 1.82) is 0 Å². The van der Waals surface area contributed by atoms with Crippen LogP contribution in [0.25, 0.3) is 11.0 Å². The molecule has 1 aliphatic rings. The number of aryl methyl sites for hydroxylation is 1. The van der Waals surface area contributed by atoms with Crippen LogP contribution in [0.3, 0.4) is 0 Å². The molecule has 0 unspecified atom stereocenters. The summed E-state index contributed by atoms with van der Waals surface area (Å²) in [6, 6.07) is 6.43. The molecule has 0 atom stereocenters. The van der Waals surface area contributed by atoms with Crippen LogP contribution in [0, 0.1) is 6.92 Å². The third-order valence-electron chi connectivity index (χ3n) is 4.26. The van der Waals surface area contributed by atoms with Crippen LogP contribution in [0.15, 0.2) is 33.5 Å². The highest BCUT2D eigenvalue weighted by molar-refractivity contribution is 6.67. The Hall–Kier alpha value is -1.38. The summed E-state index contributed by atoms with van der Waals surface area (Å²) in [5.41, 5.74) is 1.13. The summed E-state index contributed by atoms with van der Waals surface area (Å²) in [7, 11) is 35.5. The smallest absolute Gasteiger partial charge is 0.336 e. The van der Waals surface area contributed by atoms with Gasteiger partial charge in [0.2, 0.25) is 0 Å². The molecule has 3 rings (SSSR count). The zero-order chi connectivity index (χ0) is 16.5. The summed E-state index contributed by atoms with van der Waals surface area (Å²) in [4.78, 5) is 12.8. The van der Waals surface area contributed by atoms with Crippen LogP contribution in [0.1, 0.15) is 5.56 Å². The fraction of sp³-hybridized carbons (Fsp3) is 0.308. The van der Waals surface area contributed by atoms with Gasteiger partial charge in [0.25, 0.3) is 0 Å². The van der Waals surface area contributed by atoms with E-state index in [0.717, 1.165) is 10.9 Å². The number of hydrogen-bond acceptors (Lipinski definition) is 3. The zero-order valence-corrected chi connectivity index (χ0v) is 12.0. The largest absolute Gasteiger partial charge is 0.423 e. The second-order valence-corrected chi connectivity index (χ2v) is 5.78. The van der Waals surface area contributed by atoms with E-state index in [4.69, 9.17) is 51.5 Å². The van der Waals surface area contributed by atoms with Gasteiger partial charge < -0.3 is 9.32 Å². The minimum atomic E-state index is -1.71. The van der Waals surface area contributed by atoms with E-state index in [9.17, 15) is 4.79 Å². The van der Waals surface area contributed by atoms with E-state index >= 15 is 0 Å². The molecule has 0 saturated carbocycles. The number of fused-ring (bicyclic) bond motifs is 1. The normalized spacial score (nSPS) is 21.4. The molecule has 2 heterocycles. The first-order valence-electron chi connectivity index (χ1n) is 6.58. The van der Waals surface area contributed by atoms with Gasteiger partial charge in [-0.05, 0) is 35.3 Å². The van der Waals surface area contributed by atoms with Crippen molar-refractivity contribution in [3.63, 3.8) is 0 Å². The van der Waals surface area contributed by atoms with Crippen LogP contribution in [-0.2, 0) is 0 Å². The van der Waals surface area contributed by atoms with Crippen LogP contribution < -0.4 is 10.5 Å². The number of nitrogens with zero attached hydrogens (tertiary/aromatic N) is 1. The highest BCUT2D eigenvalue weighted by Crippen LogP contribution is 2.56. The molecule has 1 aromatic heterocycles. The molecule has 1 fully saturated rings. The molecule has 1 aromatic carbocycles. The van der Waals surface area contributed by atoms with Gasteiger partial charge in [0.1, 0.15) is 5.58 Å². The van der Waals surface area contributed by atoms with Gasteiger partial charge in [-0.3, -0.25) is 0 Å². The van der Waals surface area contributed by atoms with Gasteiger partial charge in [0.05, 0.1) is 47.1 Å². The second kappa shape index (κ2) is 4.33. The van der Waals surface area contributed by atoms with Gasteiger partial charge >= 0.3 is 5.63 Å². The lowest BCUT2D eigenvalue weighted by Gasteiger charge is -2.78. The Kier molecular flexibility index (Phi) is 3.06. The second-order valence-electron chi connectivity index (χ2n) is 5.78. The van der Waals surface area contributed by atoms with Crippen molar-refractivity contribution < 1.29 is 4.42 Å². The van der Waals surface area contributed by atoms with Crippen molar-refractivity contribution >= 4 is 63.7 Å². The molecule has 22 heavy (non-hydrogen) atoms. The van der Waals surface area contributed by atoms with E-state index in [-0.39, 0.29) is 0 Å². The van der Waals surface area contributed by atoms with E-state index in [1.54, 1.807) is 25.1 Å². The van der Waals surface area contributed by atoms with Gasteiger partial charge in [-0.1, -0.05) is 5.21 Å². The molecule has 94 valence electrons. The first-order chi connectivity index (χ1) is 10.00. The summed E-state index contributed by atoms with van der Waals surface area (Å²) in [6.45, 7) is 1.81. The summed E-state index contributed by atoms with van der Waals surface area (Å²) < 4.78 is 5.18. The Morgan fingerprint density at radius 3 is 2.18 bits per heavy atom. The Labute approximate surface area is 136 Å². The highest BCUT2D eigenvalue weighted by atomic mass is 16.4. The lowest BCUT2D eigenvalue weighted by Crippen LogP contribution is -2.86. The fourth-order valence-corrected chi connectivity index (χ4v) is 2.82. The molecule has 1 saturated heterocycles. The molecule has 1 aliphatic heterocycles. The number of anilines is 1. The van der Waals surface area contributed by atoms with E-state index in [1.165, 1.54) is 11.0 Å². The van der Waals surface area contributed by atoms with E-state index in [2.05, 4.69) is 0 Å². The SMILES string of the molecule is [B]C1([B])N(c2ccc3c(C)cc(=O)oc3c2)C([B])([B])C1([B])[B]. The monoisotopic (exact) mass is 275 g/mol. The maximum Gasteiger partial charge on any atom is 0.336 e. The zero-order valence-electron chi connectivity index (χ0n) is 12.0. The topological polar surface area (TPSA) is 33.5 Å². The van der Waals surface area contributed by atoms with E-state index in [1.807, 2.05) is 0 Å². The summed E-state index contributed by atoms with van der Waals surface area (Å²) in [5, 5.41) is -4.25. The van der Waals surface area contributed by atoms with Gasteiger partial charge in [0, 0.05) is 23.2 Å². The maximum atomic E-state index is 11.5. The fourth-order valence-electron chi connectivity index (χ4n) is 2.82. The Bertz CT molecular complexity index is 811. The first-order valence-corrected chi connectivity index (χ1v) is 6.58. The molecule has 0 N–H and O–H groups in total. The van der Waals surface area contributed by atoms with Crippen molar-refractivity contribution in [2.75, 3.05) is 4.90 Å². The molecule has 9 heteroatoms. The number of benzene rings is 1. The average Bonchev–Trinajstić information content (AvgIpc) is 2.36. The third kappa shape index (κ3) is 1.74. The van der Waals surface area contributed by atoms with Crippen LogP contribution >= 0.6 is 0 Å². The van der Waals surface area contributed by atoms with Gasteiger partial charge in [-0.15, -0.1) is 0 Å². The predicted octanol–water partition coefficient (Wildman–Crippen LogP) is -0.644. The van der Waals surface area contributed by atoms with Gasteiger partial charge in [-0.25, -0.2) is 4.79 Å².